The van der Waals surface area contributed by atoms with Crippen molar-refractivity contribution >= 4 is 6.29 Å². The number of hydrogen-bond acceptors (Lipinski definition) is 3. The van der Waals surface area contributed by atoms with Crippen LogP contribution in [-0.4, -0.2) is 44.0 Å². The second-order valence-corrected chi connectivity index (χ2v) is 3.58. The number of likely N-dealkylation sites (tertiary alicyclic amines) is 1. The molecule has 0 aromatic rings. The Balaban J connectivity index is 2.23. The number of carbonyl (C=O) groups is 1. The zero-order valence-corrected chi connectivity index (χ0v) is 8.37. The molecule has 0 aromatic heterocycles. The molecule has 0 amide bonds. The van der Waals surface area contributed by atoms with Crippen LogP contribution in [0, 0.1) is 0 Å². The third-order valence-electron chi connectivity index (χ3n) is 2.62. The first-order valence-corrected chi connectivity index (χ1v) is 5.06. The lowest BCUT2D eigenvalue weighted by molar-refractivity contribution is -0.113. The van der Waals surface area contributed by atoms with E-state index in [1.807, 2.05) is 0 Å². The standard InChI is InChI=1S/C10H19NO2/c1-13-8-4-7-11-6-3-2-5-10(11)9-12/h9-10H,2-8H2,1H3. The van der Waals surface area contributed by atoms with Gasteiger partial charge in [-0.2, -0.15) is 0 Å². The van der Waals surface area contributed by atoms with Crippen LogP contribution in [-0.2, 0) is 9.53 Å². The average Bonchev–Trinajstić information content (AvgIpc) is 2.19. The summed E-state index contributed by atoms with van der Waals surface area (Å²) >= 11 is 0. The number of hydrogen-bond donors (Lipinski definition) is 0. The minimum absolute atomic E-state index is 0.172. The third-order valence-corrected chi connectivity index (χ3v) is 2.62. The Labute approximate surface area is 80.1 Å². The summed E-state index contributed by atoms with van der Waals surface area (Å²) in [5.41, 5.74) is 0. The molecule has 3 nitrogen and oxygen atoms in total. The maximum atomic E-state index is 10.7. The molecule has 0 aromatic carbocycles. The predicted molar refractivity (Wildman–Crippen MR) is 51.8 cm³/mol. The fourth-order valence-corrected chi connectivity index (χ4v) is 1.86. The van der Waals surface area contributed by atoms with E-state index < -0.39 is 0 Å². The molecule has 0 N–H and O–H groups in total. The molecule has 0 saturated carbocycles. The average molecular weight is 185 g/mol. The first-order chi connectivity index (χ1) is 6.38. The second-order valence-electron chi connectivity index (χ2n) is 3.58. The predicted octanol–water partition coefficient (Wildman–Crippen LogP) is 1.08. The van der Waals surface area contributed by atoms with Crippen molar-refractivity contribution < 1.29 is 9.53 Å². The van der Waals surface area contributed by atoms with E-state index in [1.165, 1.54) is 12.8 Å². The lowest BCUT2D eigenvalue weighted by Crippen LogP contribution is -2.41. The number of aldehydes is 1. The first-order valence-electron chi connectivity index (χ1n) is 5.06. The molecule has 1 saturated heterocycles. The van der Waals surface area contributed by atoms with Crippen molar-refractivity contribution in [3.8, 4) is 0 Å². The minimum atomic E-state index is 0.172. The zero-order valence-electron chi connectivity index (χ0n) is 8.37. The van der Waals surface area contributed by atoms with E-state index in [2.05, 4.69) is 4.90 Å². The highest BCUT2D eigenvalue weighted by atomic mass is 16.5. The van der Waals surface area contributed by atoms with Gasteiger partial charge in [-0.15, -0.1) is 0 Å². The summed E-state index contributed by atoms with van der Waals surface area (Å²) < 4.78 is 4.99. The van der Waals surface area contributed by atoms with Gasteiger partial charge < -0.3 is 9.53 Å². The summed E-state index contributed by atoms with van der Waals surface area (Å²) in [6, 6.07) is 0.172. The molecule has 0 aliphatic carbocycles. The molecule has 3 heteroatoms. The van der Waals surface area contributed by atoms with Crippen LogP contribution in [0.3, 0.4) is 0 Å². The van der Waals surface area contributed by atoms with Crippen molar-refractivity contribution in [1.82, 2.24) is 4.90 Å². The fraction of sp³-hybridized carbons (Fsp3) is 0.900. The van der Waals surface area contributed by atoms with Crippen LogP contribution < -0.4 is 0 Å². The minimum Gasteiger partial charge on any atom is -0.385 e. The van der Waals surface area contributed by atoms with Crippen molar-refractivity contribution in [1.29, 1.82) is 0 Å². The normalized spacial score (nSPS) is 24.5. The monoisotopic (exact) mass is 185 g/mol. The van der Waals surface area contributed by atoms with Crippen LogP contribution in [0.4, 0.5) is 0 Å². The van der Waals surface area contributed by atoms with Gasteiger partial charge in [0.1, 0.15) is 6.29 Å². The van der Waals surface area contributed by atoms with E-state index in [1.54, 1.807) is 7.11 Å². The van der Waals surface area contributed by atoms with Gasteiger partial charge in [-0.3, -0.25) is 4.90 Å². The van der Waals surface area contributed by atoms with E-state index in [4.69, 9.17) is 4.74 Å². The Morgan fingerprint density at radius 2 is 2.38 bits per heavy atom. The number of methoxy groups -OCH3 is 1. The van der Waals surface area contributed by atoms with Crippen molar-refractivity contribution in [3.05, 3.63) is 0 Å². The van der Waals surface area contributed by atoms with E-state index in [0.29, 0.717) is 0 Å². The van der Waals surface area contributed by atoms with Crippen molar-refractivity contribution in [2.75, 3.05) is 26.8 Å². The lowest BCUT2D eigenvalue weighted by Gasteiger charge is -2.31. The van der Waals surface area contributed by atoms with Crippen molar-refractivity contribution in [2.45, 2.75) is 31.7 Å². The van der Waals surface area contributed by atoms with Gasteiger partial charge in [-0.1, -0.05) is 6.42 Å². The van der Waals surface area contributed by atoms with Gasteiger partial charge in [0.05, 0.1) is 6.04 Å². The van der Waals surface area contributed by atoms with Gasteiger partial charge in [0, 0.05) is 20.3 Å². The van der Waals surface area contributed by atoms with Crippen LogP contribution in [0.25, 0.3) is 0 Å². The quantitative estimate of drug-likeness (QED) is 0.474. The second kappa shape index (κ2) is 6.11. The molecule has 1 fully saturated rings. The largest absolute Gasteiger partial charge is 0.385 e. The Hall–Kier alpha value is -0.410. The summed E-state index contributed by atoms with van der Waals surface area (Å²) in [4.78, 5) is 13.0. The molecule has 1 aliphatic rings. The van der Waals surface area contributed by atoms with E-state index in [9.17, 15) is 4.79 Å². The van der Waals surface area contributed by atoms with Crippen molar-refractivity contribution in [3.63, 3.8) is 0 Å². The molecule has 0 radical (unpaired) electrons. The molecule has 1 aliphatic heterocycles. The molecule has 1 rings (SSSR count). The van der Waals surface area contributed by atoms with Crippen LogP contribution in [0.5, 0.6) is 0 Å². The van der Waals surface area contributed by atoms with Crippen molar-refractivity contribution in [2.24, 2.45) is 0 Å². The molecule has 76 valence electrons. The molecule has 1 unspecified atom stereocenters. The maximum Gasteiger partial charge on any atom is 0.137 e. The highest BCUT2D eigenvalue weighted by molar-refractivity contribution is 5.57. The van der Waals surface area contributed by atoms with Gasteiger partial charge in [-0.25, -0.2) is 0 Å². The van der Waals surface area contributed by atoms with Crippen LogP contribution >= 0.6 is 0 Å². The van der Waals surface area contributed by atoms with Gasteiger partial charge in [0.25, 0.3) is 0 Å². The molecular weight excluding hydrogens is 166 g/mol. The molecule has 0 bridgehead atoms. The van der Waals surface area contributed by atoms with E-state index in [-0.39, 0.29) is 6.04 Å². The Bertz CT molecular complexity index is 150. The highest BCUT2D eigenvalue weighted by Gasteiger charge is 2.20. The number of carbonyl (C=O) groups excluding carboxylic acids is 1. The summed E-state index contributed by atoms with van der Waals surface area (Å²) in [5.74, 6) is 0. The summed E-state index contributed by atoms with van der Waals surface area (Å²) in [6.07, 6.45) is 5.59. The summed E-state index contributed by atoms with van der Waals surface area (Å²) in [5, 5.41) is 0. The molecule has 1 heterocycles. The van der Waals surface area contributed by atoms with Crippen LogP contribution in [0.2, 0.25) is 0 Å². The number of rotatable bonds is 5. The lowest BCUT2D eigenvalue weighted by atomic mass is 10.0. The van der Waals surface area contributed by atoms with Gasteiger partial charge >= 0.3 is 0 Å². The molecular formula is C10H19NO2. The Morgan fingerprint density at radius 1 is 1.54 bits per heavy atom. The van der Waals surface area contributed by atoms with E-state index >= 15 is 0 Å². The smallest absolute Gasteiger partial charge is 0.137 e. The summed E-state index contributed by atoms with van der Waals surface area (Å²) in [7, 11) is 1.72. The number of piperidine rings is 1. The topological polar surface area (TPSA) is 29.5 Å². The molecule has 0 spiro atoms. The third kappa shape index (κ3) is 3.44. The Kier molecular flexibility index (Phi) is 5.01. The maximum absolute atomic E-state index is 10.7. The Morgan fingerprint density at radius 3 is 3.08 bits per heavy atom. The van der Waals surface area contributed by atoms with Gasteiger partial charge in [0.2, 0.25) is 0 Å². The van der Waals surface area contributed by atoms with Gasteiger partial charge in [-0.05, 0) is 25.8 Å². The number of nitrogens with zero attached hydrogens (tertiary/aromatic N) is 1. The highest BCUT2D eigenvalue weighted by Crippen LogP contribution is 2.15. The number of ether oxygens (including phenoxy) is 1. The molecule has 1 atom stereocenters. The fourth-order valence-electron chi connectivity index (χ4n) is 1.86. The van der Waals surface area contributed by atoms with Crippen LogP contribution in [0.1, 0.15) is 25.7 Å². The van der Waals surface area contributed by atoms with Gasteiger partial charge in [0.15, 0.2) is 0 Å². The molecule has 13 heavy (non-hydrogen) atoms. The summed E-state index contributed by atoms with van der Waals surface area (Å²) in [6.45, 7) is 2.87. The van der Waals surface area contributed by atoms with E-state index in [0.717, 1.165) is 38.8 Å². The van der Waals surface area contributed by atoms with Crippen LogP contribution in [0.15, 0.2) is 0 Å². The zero-order chi connectivity index (χ0) is 9.52. The first kappa shape index (κ1) is 10.7. The SMILES string of the molecule is COCCCN1CCCCC1C=O.